The number of carbonyl (C=O) groups excluding carboxylic acids is 2. The zero-order valence-electron chi connectivity index (χ0n) is 15.3. The Labute approximate surface area is 154 Å². The number of likely N-dealkylation sites (N-methyl/N-ethyl adjacent to an activating group) is 1. The molecule has 26 heavy (non-hydrogen) atoms. The maximum Gasteiger partial charge on any atom is 0.410 e. The highest BCUT2D eigenvalue weighted by atomic mass is 16.6. The molecule has 0 N–H and O–H groups in total. The van der Waals surface area contributed by atoms with Crippen LogP contribution in [0.1, 0.15) is 12.5 Å². The highest BCUT2D eigenvalue weighted by molar-refractivity contribution is 5.81. The number of carbonyl (C=O) groups is 2. The molecule has 2 aliphatic heterocycles. The third-order valence-electron chi connectivity index (χ3n) is 4.93. The summed E-state index contributed by atoms with van der Waals surface area (Å²) in [7, 11) is 0. The summed E-state index contributed by atoms with van der Waals surface area (Å²) in [6.45, 7) is 7.41. The van der Waals surface area contributed by atoms with Gasteiger partial charge >= 0.3 is 6.09 Å². The number of hydrogen-bond donors (Lipinski definition) is 0. The van der Waals surface area contributed by atoms with Crippen molar-refractivity contribution in [1.82, 2.24) is 14.7 Å². The van der Waals surface area contributed by atoms with Gasteiger partial charge in [0.25, 0.3) is 5.91 Å². The molecule has 3 rings (SSSR count). The van der Waals surface area contributed by atoms with E-state index in [1.807, 2.05) is 30.3 Å². The molecule has 7 nitrogen and oxygen atoms in total. The maximum absolute atomic E-state index is 12.6. The van der Waals surface area contributed by atoms with Gasteiger partial charge in [0.1, 0.15) is 12.7 Å². The van der Waals surface area contributed by atoms with Crippen LogP contribution in [0.4, 0.5) is 4.79 Å². The molecule has 2 aliphatic rings. The Morgan fingerprint density at radius 3 is 2.46 bits per heavy atom. The van der Waals surface area contributed by atoms with E-state index in [-0.39, 0.29) is 24.7 Å². The molecule has 142 valence electrons. The number of amides is 2. The summed E-state index contributed by atoms with van der Waals surface area (Å²) < 4.78 is 11.0. The van der Waals surface area contributed by atoms with E-state index in [9.17, 15) is 9.59 Å². The predicted molar refractivity (Wildman–Crippen MR) is 96.6 cm³/mol. The second-order valence-electron chi connectivity index (χ2n) is 6.61. The lowest BCUT2D eigenvalue weighted by Crippen LogP contribution is -2.56. The standard InChI is InChI=1S/C19H27N3O4/c1-2-20-12-13-25-17(14-20)18(23)21-8-10-22(11-9-21)19(24)26-15-16-6-4-3-5-7-16/h3-7,17H,2,8-15H2,1H3. The molecule has 2 fully saturated rings. The van der Waals surface area contributed by atoms with Crippen LogP contribution in [0.15, 0.2) is 30.3 Å². The fraction of sp³-hybridized carbons (Fsp3) is 0.579. The van der Waals surface area contributed by atoms with E-state index < -0.39 is 0 Å². The Morgan fingerprint density at radius 1 is 1.08 bits per heavy atom. The van der Waals surface area contributed by atoms with Gasteiger partial charge in [-0.3, -0.25) is 9.69 Å². The van der Waals surface area contributed by atoms with E-state index in [1.165, 1.54) is 0 Å². The molecule has 2 amide bonds. The van der Waals surface area contributed by atoms with E-state index in [4.69, 9.17) is 9.47 Å². The van der Waals surface area contributed by atoms with Crippen LogP contribution >= 0.6 is 0 Å². The van der Waals surface area contributed by atoms with Gasteiger partial charge in [0.15, 0.2) is 0 Å². The van der Waals surface area contributed by atoms with Gasteiger partial charge in [0.05, 0.1) is 6.61 Å². The van der Waals surface area contributed by atoms with Crippen LogP contribution in [0.25, 0.3) is 0 Å². The maximum atomic E-state index is 12.6. The van der Waals surface area contributed by atoms with Crippen molar-refractivity contribution in [2.45, 2.75) is 19.6 Å². The summed E-state index contributed by atoms with van der Waals surface area (Å²) in [6.07, 6.45) is -0.715. The van der Waals surface area contributed by atoms with Gasteiger partial charge in [-0.25, -0.2) is 4.79 Å². The third kappa shape index (κ3) is 4.74. The highest BCUT2D eigenvalue weighted by Crippen LogP contribution is 2.12. The van der Waals surface area contributed by atoms with Crippen molar-refractivity contribution < 1.29 is 19.1 Å². The third-order valence-corrected chi connectivity index (χ3v) is 4.93. The molecule has 2 heterocycles. The molecule has 7 heteroatoms. The smallest absolute Gasteiger partial charge is 0.410 e. The summed E-state index contributed by atoms with van der Waals surface area (Å²) >= 11 is 0. The Kier molecular flexibility index (Phi) is 6.46. The quantitative estimate of drug-likeness (QED) is 0.806. The first-order chi connectivity index (χ1) is 12.7. The monoisotopic (exact) mass is 361 g/mol. The average molecular weight is 361 g/mol. The molecule has 0 aromatic heterocycles. The van der Waals surface area contributed by atoms with Gasteiger partial charge in [-0.15, -0.1) is 0 Å². The van der Waals surface area contributed by atoms with Crippen molar-refractivity contribution in [3.63, 3.8) is 0 Å². The van der Waals surface area contributed by atoms with E-state index in [0.717, 1.165) is 18.7 Å². The Morgan fingerprint density at radius 2 is 1.77 bits per heavy atom. The van der Waals surface area contributed by atoms with Gasteiger partial charge in [-0.1, -0.05) is 37.3 Å². The molecule has 0 spiro atoms. The van der Waals surface area contributed by atoms with E-state index in [2.05, 4.69) is 11.8 Å². The Hall–Kier alpha value is -2.12. The number of nitrogens with zero attached hydrogens (tertiary/aromatic N) is 3. The van der Waals surface area contributed by atoms with Crippen LogP contribution in [0.2, 0.25) is 0 Å². The van der Waals surface area contributed by atoms with Crippen molar-refractivity contribution in [1.29, 1.82) is 0 Å². The fourth-order valence-electron chi connectivity index (χ4n) is 3.26. The van der Waals surface area contributed by atoms with E-state index in [1.54, 1.807) is 9.80 Å². The molecule has 0 aliphatic carbocycles. The van der Waals surface area contributed by atoms with Gasteiger partial charge in [0.2, 0.25) is 0 Å². The molecule has 1 unspecified atom stereocenters. The van der Waals surface area contributed by atoms with Crippen LogP contribution < -0.4 is 0 Å². The minimum absolute atomic E-state index is 0.0282. The lowest BCUT2D eigenvalue weighted by Gasteiger charge is -2.38. The molecular formula is C19H27N3O4. The fourth-order valence-corrected chi connectivity index (χ4v) is 3.26. The molecule has 0 radical (unpaired) electrons. The molecule has 2 saturated heterocycles. The van der Waals surface area contributed by atoms with Crippen molar-refractivity contribution in [3.05, 3.63) is 35.9 Å². The van der Waals surface area contributed by atoms with Crippen LogP contribution in [-0.2, 0) is 20.9 Å². The largest absolute Gasteiger partial charge is 0.445 e. The summed E-state index contributed by atoms with van der Waals surface area (Å²) in [6, 6.07) is 9.61. The number of rotatable bonds is 4. The van der Waals surface area contributed by atoms with Gasteiger partial charge in [0, 0.05) is 39.3 Å². The number of ether oxygens (including phenoxy) is 2. The summed E-state index contributed by atoms with van der Waals surface area (Å²) in [4.78, 5) is 30.5. The SMILES string of the molecule is CCN1CCOC(C(=O)N2CCN(C(=O)OCc3ccccc3)CC2)C1. The minimum atomic E-state index is -0.389. The Bertz CT molecular complexity index is 602. The number of morpholine rings is 1. The topological polar surface area (TPSA) is 62.3 Å². The first-order valence-electron chi connectivity index (χ1n) is 9.25. The first kappa shape index (κ1) is 18.7. The normalized spacial score (nSPS) is 21.5. The lowest BCUT2D eigenvalue weighted by molar-refractivity contribution is -0.150. The molecule has 1 aromatic carbocycles. The van der Waals surface area contributed by atoms with Crippen molar-refractivity contribution in [3.8, 4) is 0 Å². The summed E-state index contributed by atoms with van der Waals surface area (Å²) in [5, 5.41) is 0. The highest BCUT2D eigenvalue weighted by Gasteiger charge is 2.32. The summed E-state index contributed by atoms with van der Waals surface area (Å²) in [5.41, 5.74) is 0.963. The molecule has 0 saturated carbocycles. The van der Waals surface area contributed by atoms with Crippen LogP contribution in [0.3, 0.4) is 0 Å². The minimum Gasteiger partial charge on any atom is -0.445 e. The molecule has 1 aromatic rings. The van der Waals surface area contributed by atoms with E-state index >= 15 is 0 Å². The predicted octanol–water partition coefficient (Wildman–Crippen LogP) is 1.19. The molecular weight excluding hydrogens is 334 g/mol. The van der Waals surface area contributed by atoms with Gasteiger partial charge in [-0.2, -0.15) is 0 Å². The molecule has 1 atom stereocenters. The average Bonchev–Trinajstić information content (AvgIpc) is 2.72. The van der Waals surface area contributed by atoms with Crippen molar-refractivity contribution in [2.75, 3.05) is 52.4 Å². The van der Waals surface area contributed by atoms with Gasteiger partial charge in [-0.05, 0) is 12.1 Å². The van der Waals surface area contributed by atoms with Crippen LogP contribution in [-0.4, -0.2) is 85.2 Å². The lowest BCUT2D eigenvalue weighted by atomic mass is 10.2. The Balaban J connectivity index is 1.43. The van der Waals surface area contributed by atoms with Gasteiger partial charge < -0.3 is 19.3 Å². The number of hydrogen-bond acceptors (Lipinski definition) is 5. The first-order valence-corrected chi connectivity index (χ1v) is 9.25. The number of benzene rings is 1. The van der Waals surface area contributed by atoms with E-state index in [0.29, 0.717) is 39.3 Å². The molecule has 0 bridgehead atoms. The van der Waals surface area contributed by atoms with Crippen molar-refractivity contribution in [2.24, 2.45) is 0 Å². The second-order valence-corrected chi connectivity index (χ2v) is 6.61. The second kappa shape index (κ2) is 9.00. The zero-order valence-corrected chi connectivity index (χ0v) is 15.3. The van der Waals surface area contributed by atoms with Crippen LogP contribution in [0, 0.1) is 0 Å². The van der Waals surface area contributed by atoms with Crippen molar-refractivity contribution >= 4 is 12.0 Å². The zero-order chi connectivity index (χ0) is 18.4. The number of piperazine rings is 1. The van der Waals surface area contributed by atoms with Crippen LogP contribution in [0.5, 0.6) is 0 Å². The summed E-state index contributed by atoms with van der Waals surface area (Å²) in [5.74, 6) is 0.0282.